The first-order chi connectivity index (χ1) is 7.79. The van der Waals surface area contributed by atoms with Crippen LogP contribution in [0.3, 0.4) is 0 Å². The molecule has 0 aliphatic rings. The average molecular weight is 217 g/mol. The second kappa shape index (κ2) is 4.66. The molecule has 0 heterocycles. The first-order valence-corrected chi connectivity index (χ1v) is 5.00. The minimum atomic E-state index is -0.379. The van der Waals surface area contributed by atoms with E-state index in [0.717, 1.165) is 5.69 Å². The van der Waals surface area contributed by atoms with Crippen LogP contribution in [0.5, 0.6) is 11.5 Å². The van der Waals surface area contributed by atoms with Gasteiger partial charge in [-0.1, -0.05) is 18.2 Å². The van der Waals surface area contributed by atoms with Crippen LogP contribution >= 0.6 is 0 Å². The van der Waals surface area contributed by atoms with Crippen molar-refractivity contribution in [3.05, 3.63) is 54.3 Å². The molecular weight excluding hydrogens is 205 g/mol. The molecule has 0 aromatic heterocycles. The number of nitrogens with one attached hydrogen (secondary N) is 1. The number of para-hydroxylation sites is 1. The highest BCUT2D eigenvalue weighted by molar-refractivity contribution is 5.47. The third-order valence-corrected chi connectivity index (χ3v) is 2.19. The molecule has 1 N–H and O–H groups in total. The lowest BCUT2D eigenvalue weighted by atomic mass is 10.3. The van der Waals surface area contributed by atoms with Crippen molar-refractivity contribution < 1.29 is 9.13 Å². The second-order valence-electron chi connectivity index (χ2n) is 3.31. The Bertz CT molecular complexity index is 471. The van der Waals surface area contributed by atoms with E-state index < -0.39 is 0 Å². The minimum Gasteiger partial charge on any atom is -0.454 e. The van der Waals surface area contributed by atoms with Crippen LogP contribution < -0.4 is 10.1 Å². The van der Waals surface area contributed by atoms with E-state index in [-0.39, 0.29) is 11.6 Å². The molecule has 2 aromatic carbocycles. The molecule has 0 spiro atoms. The second-order valence-corrected chi connectivity index (χ2v) is 3.31. The third kappa shape index (κ3) is 2.31. The van der Waals surface area contributed by atoms with Gasteiger partial charge in [0, 0.05) is 18.8 Å². The molecule has 82 valence electrons. The first kappa shape index (κ1) is 10.5. The van der Waals surface area contributed by atoms with Crippen molar-refractivity contribution in [1.29, 1.82) is 0 Å². The number of hydrogen-bond acceptors (Lipinski definition) is 2. The van der Waals surface area contributed by atoms with Crippen molar-refractivity contribution in [2.75, 3.05) is 12.4 Å². The fraction of sp³-hybridized carbons (Fsp3) is 0.0769. The van der Waals surface area contributed by atoms with E-state index in [0.29, 0.717) is 5.75 Å². The lowest BCUT2D eigenvalue weighted by Gasteiger charge is -2.07. The van der Waals surface area contributed by atoms with E-state index in [4.69, 9.17) is 4.74 Å². The van der Waals surface area contributed by atoms with Crippen molar-refractivity contribution in [2.24, 2.45) is 0 Å². The topological polar surface area (TPSA) is 21.3 Å². The molecular formula is C13H12FNO. The van der Waals surface area contributed by atoms with Crippen LogP contribution in [0.4, 0.5) is 10.1 Å². The summed E-state index contributed by atoms with van der Waals surface area (Å²) in [7, 11) is 1.74. The van der Waals surface area contributed by atoms with Gasteiger partial charge in [0.2, 0.25) is 0 Å². The molecule has 0 radical (unpaired) electrons. The fourth-order valence-corrected chi connectivity index (χ4v) is 1.35. The van der Waals surface area contributed by atoms with Crippen molar-refractivity contribution in [1.82, 2.24) is 0 Å². The van der Waals surface area contributed by atoms with E-state index in [1.807, 2.05) is 18.2 Å². The summed E-state index contributed by atoms with van der Waals surface area (Å²) in [5, 5.41) is 2.86. The van der Waals surface area contributed by atoms with Crippen molar-refractivity contribution >= 4 is 5.69 Å². The largest absolute Gasteiger partial charge is 0.454 e. The summed E-state index contributed by atoms with van der Waals surface area (Å²) in [5.41, 5.74) is 0.720. The maximum atomic E-state index is 13.6. The SMILES string of the molecule is CNc1ccc(Oc2ccccc2)c(F)c1. The van der Waals surface area contributed by atoms with Gasteiger partial charge in [0.05, 0.1) is 0 Å². The monoisotopic (exact) mass is 217 g/mol. The van der Waals surface area contributed by atoms with Gasteiger partial charge in [-0.25, -0.2) is 4.39 Å². The zero-order chi connectivity index (χ0) is 11.4. The molecule has 2 nitrogen and oxygen atoms in total. The Balaban J connectivity index is 2.22. The molecule has 16 heavy (non-hydrogen) atoms. The number of ether oxygens (including phenoxy) is 1. The Hall–Kier alpha value is -2.03. The van der Waals surface area contributed by atoms with Crippen LogP contribution in [-0.4, -0.2) is 7.05 Å². The number of hydrogen-bond donors (Lipinski definition) is 1. The Kier molecular flexibility index (Phi) is 3.05. The molecule has 0 bridgehead atoms. The van der Waals surface area contributed by atoms with Gasteiger partial charge in [0.15, 0.2) is 11.6 Å². The minimum absolute atomic E-state index is 0.227. The standard InChI is InChI=1S/C13H12FNO/c1-15-10-7-8-13(12(14)9-10)16-11-5-3-2-4-6-11/h2-9,15H,1H3. The van der Waals surface area contributed by atoms with Gasteiger partial charge in [-0.3, -0.25) is 0 Å². The smallest absolute Gasteiger partial charge is 0.167 e. The van der Waals surface area contributed by atoms with E-state index in [2.05, 4.69) is 5.32 Å². The van der Waals surface area contributed by atoms with Gasteiger partial charge in [-0.15, -0.1) is 0 Å². The molecule has 0 amide bonds. The maximum Gasteiger partial charge on any atom is 0.167 e. The summed E-state index contributed by atoms with van der Waals surface area (Å²) in [5.74, 6) is 0.472. The maximum absolute atomic E-state index is 13.6. The summed E-state index contributed by atoms with van der Waals surface area (Å²) in [6, 6.07) is 13.9. The van der Waals surface area contributed by atoms with Crippen LogP contribution in [0, 0.1) is 5.82 Å². The molecule has 0 atom stereocenters. The van der Waals surface area contributed by atoms with Crippen LogP contribution in [0.1, 0.15) is 0 Å². The summed E-state index contributed by atoms with van der Waals surface area (Å²) in [6.45, 7) is 0. The van der Waals surface area contributed by atoms with E-state index in [9.17, 15) is 4.39 Å². The Morgan fingerprint density at radius 3 is 2.44 bits per heavy atom. The first-order valence-electron chi connectivity index (χ1n) is 5.00. The summed E-state index contributed by atoms with van der Waals surface area (Å²) in [4.78, 5) is 0. The quantitative estimate of drug-likeness (QED) is 0.847. The zero-order valence-corrected chi connectivity index (χ0v) is 8.91. The number of halogens is 1. The van der Waals surface area contributed by atoms with Crippen LogP contribution in [0.25, 0.3) is 0 Å². The lowest BCUT2D eigenvalue weighted by molar-refractivity contribution is 0.442. The van der Waals surface area contributed by atoms with Gasteiger partial charge < -0.3 is 10.1 Å². The lowest BCUT2D eigenvalue weighted by Crippen LogP contribution is -1.92. The molecule has 0 unspecified atom stereocenters. The third-order valence-electron chi connectivity index (χ3n) is 2.19. The molecule has 0 aliphatic heterocycles. The molecule has 2 rings (SSSR count). The normalized spacial score (nSPS) is 9.88. The highest BCUT2D eigenvalue weighted by Crippen LogP contribution is 2.26. The number of anilines is 1. The molecule has 0 fully saturated rings. The van der Waals surface area contributed by atoms with Gasteiger partial charge in [-0.2, -0.15) is 0 Å². The van der Waals surface area contributed by atoms with E-state index >= 15 is 0 Å². The molecule has 0 saturated heterocycles. The number of rotatable bonds is 3. The zero-order valence-electron chi connectivity index (χ0n) is 8.91. The average Bonchev–Trinajstić information content (AvgIpc) is 2.33. The van der Waals surface area contributed by atoms with Crippen LogP contribution in [0.15, 0.2) is 48.5 Å². The Labute approximate surface area is 93.7 Å². The molecule has 3 heteroatoms. The van der Waals surface area contributed by atoms with Crippen molar-refractivity contribution in [3.63, 3.8) is 0 Å². The summed E-state index contributed by atoms with van der Waals surface area (Å²) < 4.78 is 19.0. The van der Waals surface area contributed by atoms with Crippen molar-refractivity contribution in [2.45, 2.75) is 0 Å². The predicted octanol–water partition coefficient (Wildman–Crippen LogP) is 3.66. The van der Waals surface area contributed by atoms with Crippen LogP contribution in [-0.2, 0) is 0 Å². The highest BCUT2D eigenvalue weighted by atomic mass is 19.1. The van der Waals surface area contributed by atoms with Crippen molar-refractivity contribution in [3.8, 4) is 11.5 Å². The Morgan fingerprint density at radius 2 is 1.81 bits per heavy atom. The molecule has 0 saturated carbocycles. The van der Waals surface area contributed by atoms with Gasteiger partial charge in [0.25, 0.3) is 0 Å². The molecule has 2 aromatic rings. The van der Waals surface area contributed by atoms with Crippen LogP contribution in [0.2, 0.25) is 0 Å². The van der Waals surface area contributed by atoms with Gasteiger partial charge >= 0.3 is 0 Å². The van der Waals surface area contributed by atoms with Gasteiger partial charge in [0.1, 0.15) is 5.75 Å². The van der Waals surface area contributed by atoms with Gasteiger partial charge in [-0.05, 0) is 24.3 Å². The summed E-state index contributed by atoms with van der Waals surface area (Å²) >= 11 is 0. The summed E-state index contributed by atoms with van der Waals surface area (Å²) in [6.07, 6.45) is 0. The Morgan fingerprint density at radius 1 is 1.06 bits per heavy atom. The predicted molar refractivity (Wildman–Crippen MR) is 62.5 cm³/mol. The fourth-order valence-electron chi connectivity index (χ4n) is 1.35. The number of benzene rings is 2. The molecule has 0 aliphatic carbocycles. The highest BCUT2D eigenvalue weighted by Gasteiger charge is 2.04. The van der Waals surface area contributed by atoms with E-state index in [1.165, 1.54) is 6.07 Å². The van der Waals surface area contributed by atoms with E-state index in [1.54, 1.807) is 31.3 Å².